The van der Waals surface area contributed by atoms with Crippen molar-refractivity contribution in [2.24, 2.45) is 0 Å². The molecule has 11 heteroatoms. The van der Waals surface area contributed by atoms with Crippen LogP contribution < -0.4 is 5.32 Å². The molecule has 2 aromatic carbocycles. The van der Waals surface area contributed by atoms with E-state index in [9.17, 15) is 17.9 Å². The van der Waals surface area contributed by atoms with Gasteiger partial charge in [0.25, 0.3) is 0 Å². The fourth-order valence-electron chi connectivity index (χ4n) is 4.50. The van der Waals surface area contributed by atoms with E-state index in [2.05, 4.69) is 27.3 Å². The van der Waals surface area contributed by atoms with Crippen LogP contribution in [0.2, 0.25) is 5.02 Å². The highest BCUT2D eigenvalue weighted by atomic mass is 35.5. The molecular weight excluding hydrogens is 505 g/mol. The summed E-state index contributed by atoms with van der Waals surface area (Å²) >= 11 is 5.98. The number of nitrogens with zero attached hydrogens (tertiary/aromatic N) is 4. The Kier molecular flexibility index (Phi) is 6.36. The highest BCUT2D eigenvalue weighted by Crippen LogP contribution is 2.37. The van der Waals surface area contributed by atoms with E-state index in [1.807, 2.05) is 10.9 Å². The van der Waals surface area contributed by atoms with Crippen LogP contribution in [-0.2, 0) is 9.84 Å². The summed E-state index contributed by atoms with van der Waals surface area (Å²) < 4.78 is 41.4. The molecule has 1 aliphatic heterocycles. The Morgan fingerprint density at radius 2 is 1.89 bits per heavy atom. The number of rotatable bonds is 5. The minimum absolute atomic E-state index is 0.0362. The average molecular weight is 530 g/mol. The first-order valence-corrected chi connectivity index (χ1v) is 13.7. The third kappa shape index (κ3) is 4.76. The van der Waals surface area contributed by atoms with Crippen LogP contribution in [0.5, 0.6) is 5.75 Å². The van der Waals surface area contributed by atoms with Crippen molar-refractivity contribution in [1.29, 1.82) is 0 Å². The Morgan fingerprint density at radius 1 is 1.14 bits per heavy atom. The average Bonchev–Trinajstić information content (AvgIpc) is 3.30. The smallest absolute Gasteiger partial charge is 0.179 e. The maximum Gasteiger partial charge on any atom is 0.179 e. The van der Waals surface area contributed by atoms with Crippen LogP contribution in [0, 0.1) is 5.82 Å². The second-order valence-corrected chi connectivity index (χ2v) is 11.5. The molecule has 5 rings (SSSR count). The van der Waals surface area contributed by atoms with Gasteiger partial charge in [0.1, 0.15) is 4.90 Å². The maximum absolute atomic E-state index is 14.2. The third-order valence-corrected chi connectivity index (χ3v) is 7.91. The minimum atomic E-state index is -3.63. The number of aromatic hydroxyl groups is 1. The zero-order valence-corrected chi connectivity index (χ0v) is 21.3. The Morgan fingerprint density at radius 3 is 2.58 bits per heavy atom. The van der Waals surface area contributed by atoms with Gasteiger partial charge in [-0.2, -0.15) is 5.10 Å². The quantitative estimate of drug-likeness (QED) is 0.375. The molecule has 1 fully saturated rings. The lowest BCUT2D eigenvalue weighted by Gasteiger charge is -2.28. The van der Waals surface area contributed by atoms with Crippen LogP contribution in [0.25, 0.3) is 22.0 Å². The fraction of sp³-hybridized carbons (Fsp3) is 0.280. The molecule has 0 bridgehead atoms. The molecule has 36 heavy (non-hydrogen) atoms. The number of nitrogens with one attached hydrogen (secondary N) is 1. The Labute approximate surface area is 213 Å². The summed E-state index contributed by atoms with van der Waals surface area (Å²) in [4.78, 5) is 6.65. The van der Waals surface area contributed by atoms with Gasteiger partial charge in [0.05, 0.1) is 34.2 Å². The number of sulfone groups is 1. The van der Waals surface area contributed by atoms with Crippen molar-refractivity contribution in [3.8, 4) is 16.9 Å². The van der Waals surface area contributed by atoms with Crippen molar-refractivity contribution in [2.75, 3.05) is 31.7 Å². The second-order valence-electron chi connectivity index (χ2n) is 9.16. The highest BCUT2D eigenvalue weighted by molar-refractivity contribution is 7.90. The summed E-state index contributed by atoms with van der Waals surface area (Å²) in [5.41, 5.74) is 2.58. The molecule has 0 amide bonds. The molecule has 2 aromatic heterocycles. The molecule has 0 aliphatic carbocycles. The Bertz CT molecular complexity index is 1540. The molecule has 188 valence electrons. The number of phenolic OH excluding ortho intramolecular Hbond substituents is 1. The monoisotopic (exact) mass is 529 g/mol. The predicted octanol–water partition coefficient (Wildman–Crippen LogP) is 5.01. The number of piperidine rings is 1. The molecule has 1 aliphatic rings. The summed E-state index contributed by atoms with van der Waals surface area (Å²) in [6.07, 6.45) is 7.99. The van der Waals surface area contributed by atoms with Gasteiger partial charge < -0.3 is 15.3 Å². The van der Waals surface area contributed by atoms with Crippen molar-refractivity contribution in [3.05, 3.63) is 59.8 Å². The van der Waals surface area contributed by atoms with Gasteiger partial charge in [0.15, 0.2) is 21.4 Å². The van der Waals surface area contributed by atoms with Crippen LogP contribution in [0.1, 0.15) is 18.9 Å². The summed E-state index contributed by atoms with van der Waals surface area (Å²) in [5.74, 6) is -1.47. The Balaban J connectivity index is 1.59. The second kappa shape index (κ2) is 9.34. The van der Waals surface area contributed by atoms with E-state index >= 15 is 0 Å². The molecule has 1 saturated heterocycles. The lowest BCUT2D eigenvalue weighted by molar-refractivity contribution is 0.212. The van der Waals surface area contributed by atoms with Crippen molar-refractivity contribution in [1.82, 2.24) is 19.7 Å². The first-order valence-electron chi connectivity index (χ1n) is 11.4. The van der Waals surface area contributed by atoms with Crippen LogP contribution in [-0.4, -0.2) is 59.6 Å². The molecule has 0 atom stereocenters. The minimum Gasteiger partial charge on any atom is -0.504 e. The van der Waals surface area contributed by atoms with Gasteiger partial charge in [-0.15, -0.1) is 0 Å². The van der Waals surface area contributed by atoms with E-state index in [1.165, 1.54) is 18.3 Å². The van der Waals surface area contributed by atoms with Gasteiger partial charge >= 0.3 is 0 Å². The predicted molar refractivity (Wildman–Crippen MR) is 138 cm³/mol. The molecule has 0 spiro atoms. The standard InChI is InChI=1S/C25H25ClFN5O3S/c1-31-7-5-18(6-8-31)32-14-17(12-29-32)30-24-19-9-15(16-10-20(26)25(33)21(27)11-16)3-4-22(19)28-13-23(24)36(2,34)35/h3-4,9-14,18,33H,5-8H2,1-2H3,(H,28,30). The fourth-order valence-corrected chi connectivity index (χ4v) is 5.49. The van der Waals surface area contributed by atoms with Gasteiger partial charge in [-0.3, -0.25) is 9.67 Å². The summed E-state index contributed by atoms with van der Waals surface area (Å²) in [6, 6.07) is 8.09. The molecule has 4 aromatic rings. The van der Waals surface area contributed by atoms with E-state index < -0.39 is 21.4 Å². The van der Waals surface area contributed by atoms with Gasteiger partial charge in [0, 0.05) is 24.0 Å². The van der Waals surface area contributed by atoms with Gasteiger partial charge in [0.2, 0.25) is 0 Å². The van der Waals surface area contributed by atoms with Crippen LogP contribution in [0.15, 0.2) is 53.8 Å². The van der Waals surface area contributed by atoms with Crippen LogP contribution in [0.3, 0.4) is 0 Å². The normalized spacial score (nSPS) is 15.4. The van der Waals surface area contributed by atoms with Crippen LogP contribution in [0.4, 0.5) is 15.8 Å². The number of likely N-dealkylation sites (tertiary alicyclic amines) is 1. The van der Waals surface area contributed by atoms with E-state index in [0.29, 0.717) is 33.4 Å². The van der Waals surface area contributed by atoms with Gasteiger partial charge in [-0.05, 0) is 68.4 Å². The number of pyridine rings is 1. The molecule has 3 heterocycles. The summed E-state index contributed by atoms with van der Waals surface area (Å²) in [7, 11) is -1.53. The largest absolute Gasteiger partial charge is 0.504 e. The first-order chi connectivity index (χ1) is 17.1. The van der Waals surface area contributed by atoms with E-state index in [0.717, 1.165) is 32.2 Å². The SMILES string of the molecule is CN1CCC(n2cc(Nc3c(S(C)(=O)=O)cnc4ccc(-c5cc(F)c(O)c(Cl)c5)cc34)cn2)CC1. The number of anilines is 2. The zero-order chi connectivity index (χ0) is 25.6. The maximum atomic E-state index is 14.2. The molecule has 0 unspecified atom stereocenters. The third-order valence-electron chi connectivity index (χ3n) is 6.52. The van der Waals surface area contributed by atoms with E-state index in [-0.39, 0.29) is 16.0 Å². The molecule has 0 saturated carbocycles. The molecule has 8 nitrogen and oxygen atoms in total. The van der Waals surface area contributed by atoms with Crippen molar-refractivity contribution in [3.63, 3.8) is 0 Å². The molecule has 0 radical (unpaired) electrons. The lowest BCUT2D eigenvalue weighted by atomic mass is 10.0. The number of halogens is 2. The lowest BCUT2D eigenvalue weighted by Crippen LogP contribution is -2.31. The summed E-state index contributed by atoms with van der Waals surface area (Å²) in [6.45, 7) is 1.98. The number of phenols is 1. The highest BCUT2D eigenvalue weighted by Gasteiger charge is 2.21. The number of fused-ring (bicyclic) bond motifs is 1. The number of aromatic nitrogens is 3. The van der Waals surface area contributed by atoms with Crippen LogP contribution >= 0.6 is 11.6 Å². The van der Waals surface area contributed by atoms with Crippen molar-refractivity contribution >= 4 is 43.7 Å². The summed E-state index contributed by atoms with van der Waals surface area (Å²) in [5, 5.41) is 17.9. The van der Waals surface area contributed by atoms with Crippen molar-refractivity contribution in [2.45, 2.75) is 23.8 Å². The zero-order valence-electron chi connectivity index (χ0n) is 19.7. The first kappa shape index (κ1) is 24.5. The van der Waals surface area contributed by atoms with Gasteiger partial charge in [-0.25, -0.2) is 12.8 Å². The number of hydrogen-bond donors (Lipinski definition) is 2. The number of hydrogen-bond acceptors (Lipinski definition) is 7. The topological polar surface area (TPSA) is 100 Å². The van der Waals surface area contributed by atoms with Crippen molar-refractivity contribution < 1.29 is 17.9 Å². The molecule has 2 N–H and O–H groups in total. The van der Waals surface area contributed by atoms with E-state index in [4.69, 9.17) is 11.6 Å². The Hall–Kier alpha value is -3.21. The molecular formula is C25H25ClFN5O3S. The van der Waals surface area contributed by atoms with Gasteiger partial charge in [-0.1, -0.05) is 17.7 Å². The van der Waals surface area contributed by atoms with E-state index in [1.54, 1.807) is 24.4 Å². The number of benzene rings is 2.